The average Bonchev–Trinajstić information content (AvgIpc) is 3.55. The molecule has 4 aromatic rings. The van der Waals surface area contributed by atoms with Crippen molar-refractivity contribution in [2.24, 2.45) is 5.92 Å². The maximum atomic E-state index is 12.9. The first-order chi connectivity index (χ1) is 18.3. The number of pyridine rings is 1. The van der Waals surface area contributed by atoms with Crippen LogP contribution in [0.3, 0.4) is 0 Å². The van der Waals surface area contributed by atoms with Gasteiger partial charge in [-0.25, -0.2) is 9.67 Å². The van der Waals surface area contributed by atoms with Crippen LogP contribution in [0, 0.1) is 5.92 Å². The van der Waals surface area contributed by atoms with Crippen LogP contribution in [0.2, 0.25) is 25.7 Å². The minimum atomic E-state index is -4.47. The number of aromatic nitrogens is 4. The standard InChI is InChI=1S/C27H33F3N4O3SSi/c1-18(2)27(35,24-15-31-33-34(24)17-36-12-14-39(3,4)5)23-11-8-19-20(32-23)9-10-21(37-16-26(28,29)30)25(19)22-7-6-13-38-22/h6-11,13,15,18,35H,12,14,16-17H2,1-5H3. The molecule has 1 unspecified atom stereocenters. The van der Waals surface area contributed by atoms with Crippen LogP contribution in [0.4, 0.5) is 13.2 Å². The summed E-state index contributed by atoms with van der Waals surface area (Å²) >= 11 is 1.39. The fraction of sp³-hybridized carbons (Fsp3) is 0.444. The number of alkyl halides is 3. The van der Waals surface area contributed by atoms with Gasteiger partial charge in [0, 0.05) is 30.5 Å². The largest absolute Gasteiger partial charge is 0.483 e. The van der Waals surface area contributed by atoms with Gasteiger partial charge in [0.05, 0.1) is 23.1 Å². The summed E-state index contributed by atoms with van der Waals surface area (Å²) in [5.41, 5.74) is 0.313. The van der Waals surface area contributed by atoms with E-state index in [9.17, 15) is 18.3 Å². The Kier molecular flexibility index (Phi) is 8.50. The van der Waals surface area contributed by atoms with Gasteiger partial charge in [-0.05, 0) is 41.6 Å². The summed E-state index contributed by atoms with van der Waals surface area (Å²) in [6.07, 6.45) is -2.95. The number of hydrogen-bond donors (Lipinski definition) is 1. The smallest absolute Gasteiger partial charge is 0.422 e. The molecule has 0 aliphatic heterocycles. The van der Waals surface area contributed by atoms with Crippen LogP contribution in [0.15, 0.2) is 48.0 Å². The van der Waals surface area contributed by atoms with Gasteiger partial charge in [-0.2, -0.15) is 13.2 Å². The van der Waals surface area contributed by atoms with Gasteiger partial charge >= 0.3 is 6.18 Å². The van der Waals surface area contributed by atoms with E-state index in [1.807, 2.05) is 31.4 Å². The fourth-order valence-electron chi connectivity index (χ4n) is 4.25. The molecule has 0 aliphatic carbocycles. The zero-order chi connectivity index (χ0) is 28.4. The highest BCUT2D eigenvalue weighted by molar-refractivity contribution is 7.13. The molecule has 1 atom stereocenters. The zero-order valence-corrected chi connectivity index (χ0v) is 24.4. The van der Waals surface area contributed by atoms with Crippen molar-refractivity contribution in [3.05, 3.63) is 59.4 Å². The van der Waals surface area contributed by atoms with Crippen LogP contribution in [-0.2, 0) is 17.1 Å². The Labute approximate surface area is 230 Å². The number of ether oxygens (including phenoxy) is 2. The van der Waals surface area contributed by atoms with Crippen LogP contribution in [-0.4, -0.2) is 52.5 Å². The Balaban J connectivity index is 1.73. The molecule has 1 N–H and O–H groups in total. The first-order valence-electron chi connectivity index (χ1n) is 12.7. The highest BCUT2D eigenvalue weighted by Gasteiger charge is 2.40. The van der Waals surface area contributed by atoms with Gasteiger partial charge in [0.25, 0.3) is 0 Å². The Hall–Kier alpha value is -2.80. The number of rotatable bonds is 11. The maximum absolute atomic E-state index is 12.9. The van der Waals surface area contributed by atoms with E-state index >= 15 is 0 Å². The van der Waals surface area contributed by atoms with Gasteiger partial charge in [-0.3, -0.25) is 0 Å². The lowest BCUT2D eigenvalue weighted by Crippen LogP contribution is -2.37. The summed E-state index contributed by atoms with van der Waals surface area (Å²) in [4.78, 5) is 5.54. The second kappa shape index (κ2) is 11.4. The van der Waals surface area contributed by atoms with Gasteiger partial charge in [0.1, 0.15) is 12.5 Å². The van der Waals surface area contributed by atoms with Crippen molar-refractivity contribution in [3.63, 3.8) is 0 Å². The quantitative estimate of drug-likeness (QED) is 0.158. The summed E-state index contributed by atoms with van der Waals surface area (Å²) in [5, 5.41) is 22.7. The molecule has 210 valence electrons. The van der Waals surface area contributed by atoms with Gasteiger partial charge in [0.2, 0.25) is 0 Å². The number of nitrogens with zero attached hydrogens (tertiary/aromatic N) is 4. The van der Waals surface area contributed by atoms with Gasteiger partial charge in [0.15, 0.2) is 12.2 Å². The molecule has 39 heavy (non-hydrogen) atoms. The van der Waals surface area contributed by atoms with E-state index in [-0.39, 0.29) is 18.4 Å². The van der Waals surface area contributed by atoms with E-state index in [1.54, 1.807) is 22.9 Å². The molecule has 0 saturated heterocycles. The SMILES string of the molecule is CC(C)C(O)(c1ccc2c(-c3cccs3)c(OCC(F)(F)F)ccc2n1)c1cnnn1COCC[Si](C)(C)C. The van der Waals surface area contributed by atoms with Gasteiger partial charge in [-0.15, -0.1) is 16.4 Å². The monoisotopic (exact) mass is 578 g/mol. The van der Waals surface area contributed by atoms with E-state index in [1.165, 1.54) is 23.6 Å². The second-order valence-electron chi connectivity index (χ2n) is 11.0. The molecule has 0 amide bonds. The summed E-state index contributed by atoms with van der Waals surface area (Å²) < 4.78 is 51.4. The molecular formula is C27H33F3N4O3SSi. The lowest BCUT2D eigenvalue weighted by molar-refractivity contribution is -0.153. The Morgan fingerprint density at radius 2 is 1.87 bits per heavy atom. The molecule has 0 aliphatic rings. The molecule has 0 bridgehead atoms. The van der Waals surface area contributed by atoms with Crippen LogP contribution in [0.25, 0.3) is 21.3 Å². The fourth-order valence-corrected chi connectivity index (χ4v) is 5.80. The number of fused-ring (bicyclic) bond motifs is 1. The highest BCUT2D eigenvalue weighted by Crippen LogP contribution is 2.42. The third kappa shape index (κ3) is 6.68. The first kappa shape index (κ1) is 29.2. The Morgan fingerprint density at radius 3 is 2.51 bits per heavy atom. The normalized spacial score (nSPS) is 14.2. The van der Waals surface area contributed by atoms with Crippen molar-refractivity contribution in [1.29, 1.82) is 0 Å². The summed E-state index contributed by atoms with van der Waals surface area (Å²) in [6, 6.07) is 11.2. The number of hydrogen-bond acceptors (Lipinski definition) is 7. The van der Waals surface area contributed by atoms with Crippen molar-refractivity contribution < 1.29 is 27.8 Å². The molecule has 1 aromatic carbocycles. The average molecular weight is 579 g/mol. The lowest BCUT2D eigenvalue weighted by atomic mass is 9.83. The highest BCUT2D eigenvalue weighted by atomic mass is 32.1. The van der Waals surface area contributed by atoms with Crippen molar-refractivity contribution in [2.75, 3.05) is 13.2 Å². The minimum absolute atomic E-state index is 0.119. The molecule has 7 nitrogen and oxygen atoms in total. The molecule has 12 heteroatoms. The summed E-state index contributed by atoms with van der Waals surface area (Å²) in [6.45, 7) is 9.91. The third-order valence-electron chi connectivity index (χ3n) is 6.44. The van der Waals surface area contributed by atoms with Crippen molar-refractivity contribution in [2.45, 2.75) is 58.0 Å². The lowest BCUT2D eigenvalue weighted by Gasteiger charge is -2.32. The van der Waals surface area contributed by atoms with E-state index < -0.39 is 26.5 Å². The van der Waals surface area contributed by atoms with Crippen molar-refractivity contribution >= 4 is 30.3 Å². The number of thiophene rings is 1. The van der Waals surface area contributed by atoms with E-state index in [0.29, 0.717) is 34.5 Å². The van der Waals surface area contributed by atoms with E-state index in [4.69, 9.17) is 14.5 Å². The molecule has 0 saturated carbocycles. The number of benzene rings is 1. The van der Waals surface area contributed by atoms with Gasteiger partial charge < -0.3 is 14.6 Å². The number of aliphatic hydroxyl groups is 1. The molecule has 3 aromatic heterocycles. The van der Waals surface area contributed by atoms with Crippen molar-refractivity contribution in [1.82, 2.24) is 20.0 Å². The van der Waals surface area contributed by atoms with Crippen LogP contribution in [0.1, 0.15) is 25.2 Å². The van der Waals surface area contributed by atoms with E-state index in [2.05, 4.69) is 30.0 Å². The first-order valence-corrected chi connectivity index (χ1v) is 17.2. The molecule has 3 heterocycles. The zero-order valence-electron chi connectivity index (χ0n) is 22.6. The minimum Gasteiger partial charge on any atom is -0.483 e. The Bertz CT molecular complexity index is 1400. The molecule has 4 rings (SSSR count). The maximum Gasteiger partial charge on any atom is 0.422 e. The predicted octanol–water partition coefficient (Wildman–Crippen LogP) is 6.70. The van der Waals surface area contributed by atoms with Crippen LogP contribution < -0.4 is 4.74 Å². The summed E-state index contributed by atoms with van der Waals surface area (Å²) in [5.74, 6) is -0.193. The predicted molar refractivity (Wildman–Crippen MR) is 149 cm³/mol. The topological polar surface area (TPSA) is 82.3 Å². The molecule has 0 fully saturated rings. The van der Waals surface area contributed by atoms with Crippen molar-refractivity contribution in [3.8, 4) is 16.2 Å². The van der Waals surface area contributed by atoms with E-state index in [0.717, 1.165) is 10.9 Å². The second-order valence-corrected chi connectivity index (χ2v) is 17.5. The molecule has 0 spiro atoms. The molecular weight excluding hydrogens is 545 g/mol. The molecule has 0 radical (unpaired) electrons. The van der Waals surface area contributed by atoms with Gasteiger partial charge in [-0.1, -0.05) is 50.8 Å². The third-order valence-corrected chi connectivity index (χ3v) is 9.03. The number of halogens is 3. The van der Waals surface area contributed by atoms with Crippen LogP contribution in [0.5, 0.6) is 5.75 Å². The Morgan fingerprint density at radius 1 is 1.10 bits per heavy atom. The van der Waals surface area contributed by atoms with Crippen LogP contribution >= 0.6 is 11.3 Å². The summed E-state index contributed by atoms with van der Waals surface area (Å²) in [7, 11) is -1.26.